The molecule has 1 spiro atoms. The van der Waals surface area contributed by atoms with Gasteiger partial charge < -0.3 is 24.6 Å². The first-order valence-corrected chi connectivity index (χ1v) is 20.3. The monoisotopic (exact) mass is 903 g/mol. The quantitative estimate of drug-likeness (QED) is 0.189. The first-order valence-electron chi connectivity index (χ1n) is 18.7. The maximum Gasteiger partial charge on any atom is 0.268 e. The Morgan fingerprint density at radius 2 is 1.32 bits per heavy atom. The van der Waals surface area contributed by atoms with Gasteiger partial charge in [0.05, 0.1) is 22.7 Å². The number of aryl methyl sites for hydroxylation is 1. The molecule has 6 aromatic carbocycles. The average Bonchev–Trinajstić information content (AvgIpc) is 3.65. The molecule has 3 fully saturated rings. The number of amides is 1. The van der Waals surface area contributed by atoms with Gasteiger partial charge in [0.2, 0.25) is 21.7 Å². The van der Waals surface area contributed by atoms with Crippen molar-refractivity contribution in [1.82, 2.24) is 4.90 Å². The summed E-state index contributed by atoms with van der Waals surface area (Å²) < 4.78 is 11.3. The summed E-state index contributed by atoms with van der Waals surface area (Å²) >= 11 is 13.5. The third-order valence-electron chi connectivity index (χ3n) is 11.6. The number of carbonyl (C=O) groups is 1. The molecule has 1 saturated carbocycles. The summed E-state index contributed by atoms with van der Waals surface area (Å²) in [5.41, 5.74) is 1.67. The van der Waals surface area contributed by atoms with Crippen LogP contribution < -0.4 is 37.3 Å². The van der Waals surface area contributed by atoms with Gasteiger partial charge in [-0.2, -0.15) is 0 Å². The van der Waals surface area contributed by atoms with E-state index in [1.54, 1.807) is 24.3 Å². The van der Waals surface area contributed by atoms with Gasteiger partial charge in [-0.3, -0.25) is 33.6 Å². The molecule has 0 unspecified atom stereocenters. The number of methoxy groups -OCH3 is 1. The van der Waals surface area contributed by atoms with E-state index >= 15 is 0 Å². The molecule has 15 heteroatoms. The Morgan fingerprint density at radius 3 is 1.81 bits per heavy atom. The largest absolute Gasteiger partial charge is 0.503 e. The summed E-state index contributed by atoms with van der Waals surface area (Å²) in [6.45, 7) is 4.36. The number of hydrogen-bond acceptors (Lipinski definition) is 11. The molecule has 6 aromatic rings. The summed E-state index contributed by atoms with van der Waals surface area (Å²) in [7, 11) is 1.52. The number of likely N-dealkylation sites (tertiary alicyclic amines) is 1. The van der Waals surface area contributed by atoms with Crippen molar-refractivity contribution in [3.8, 4) is 50.6 Å². The molecule has 9 rings (SSSR count). The molecule has 2 heterocycles. The van der Waals surface area contributed by atoms with Gasteiger partial charge in [-0.1, -0.05) is 65.7 Å². The Kier molecular flexibility index (Phi) is 11.7. The highest BCUT2D eigenvalue weighted by molar-refractivity contribution is 9.10. The van der Waals surface area contributed by atoms with Crippen LogP contribution in [-0.2, 0) is 9.53 Å². The summed E-state index contributed by atoms with van der Waals surface area (Å²) in [6, 6.07) is 19.1. The fourth-order valence-corrected chi connectivity index (χ4v) is 8.84. The summed E-state index contributed by atoms with van der Waals surface area (Å²) in [4.78, 5) is 80.4. The minimum Gasteiger partial charge on any atom is -0.503 e. The minimum atomic E-state index is -0.832. The second kappa shape index (κ2) is 16.4. The highest BCUT2D eigenvalue weighted by Gasteiger charge is 2.55. The lowest BCUT2D eigenvalue weighted by Crippen LogP contribution is -2.44. The Hall–Kier alpha value is -5.21. The Labute approximate surface area is 354 Å². The lowest BCUT2D eigenvalue weighted by atomic mass is 9.87. The summed E-state index contributed by atoms with van der Waals surface area (Å²) in [6.07, 6.45) is 4.87. The molecule has 0 bridgehead atoms. The second-order valence-electron chi connectivity index (χ2n) is 15.0. The molecule has 0 radical (unpaired) electrons. The molecular formula is C44H36BrCl2NO11. The van der Waals surface area contributed by atoms with Crippen molar-refractivity contribution >= 4 is 45.0 Å². The smallest absolute Gasteiger partial charge is 0.268 e. The number of halogens is 3. The van der Waals surface area contributed by atoms with Crippen LogP contribution in [0.3, 0.4) is 0 Å². The van der Waals surface area contributed by atoms with E-state index in [1.165, 1.54) is 19.1 Å². The average molecular weight is 906 g/mol. The lowest BCUT2D eigenvalue weighted by molar-refractivity contribution is -0.142. The molecule has 304 valence electrons. The van der Waals surface area contributed by atoms with Crippen LogP contribution in [-0.4, -0.2) is 53.9 Å². The van der Waals surface area contributed by atoms with Crippen molar-refractivity contribution in [2.45, 2.75) is 51.0 Å². The molecule has 2 N–H and O–H groups in total. The molecule has 1 amide bonds. The Morgan fingerprint density at radius 1 is 0.780 bits per heavy atom. The van der Waals surface area contributed by atoms with Crippen LogP contribution in [0, 0.1) is 12.3 Å². The Bertz CT molecular complexity index is 2800. The molecule has 2 aliphatic heterocycles. The molecule has 12 nitrogen and oxygen atoms in total. The third-order valence-corrected chi connectivity index (χ3v) is 13.1. The van der Waals surface area contributed by atoms with Crippen molar-refractivity contribution in [2.24, 2.45) is 5.41 Å². The number of piperidine rings is 1. The van der Waals surface area contributed by atoms with Gasteiger partial charge in [-0.15, -0.1) is 0 Å². The zero-order valence-electron chi connectivity index (χ0n) is 31.7. The zero-order chi connectivity index (χ0) is 42.5. The normalized spacial score (nSPS) is 18.0. The topological polar surface area (TPSA) is 182 Å². The number of rotatable bonds is 6. The van der Waals surface area contributed by atoms with E-state index in [-0.39, 0.29) is 33.2 Å². The molecule has 1 aliphatic carbocycles. The van der Waals surface area contributed by atoms with Gasteiger partial charge >= 0.3 is 0 Å². The first kappa shape index (κ1) is 41.9. The number of ether oxygens (including phenoxy) is 2. The molecule has 0 aromatic heterocycles. The van der Waals surface area contributed by atoms with E-state index in [9.17, 15) is 43.8 Å². The second-order valence-corrected chi connectivity index (χ2v) is 16.6. The predicted molar refractivity (Wildman–Crippen MR) is 227 cm³/mol. The van der Waals surface area contributed by atoms with Crippen molar-refractivity contribution in [3.05, 3.63) is 148 Å². The number of benzene rings is 3. The van der Waals surface area contributed by atoms with Gasteiger partial charge in [-0.05, 0) is 118 Å². The molecule has 59 heavy (non-hydrogen) atoms. The van der Waals surface area contributed by atoms with Crippen molar-refractivity contribution < 1.29 is 24.5 Å². The van der Waals surface area contributed by atoms with Crippen LogP contribution in [0.25, 0.3) is 33.4 Å². The number of carbonyl (C=O) groups excluding carboxylic acids is 1. The maximum atomic E-state index is 12.7. The van der Waals surface area contributed by atoms with E-state index in [0.717, 1.165) is 55.5 Å². The van der Waals surface area contributed by atoms with Crippen LogP contribution in [0.4, 0.5) is 0 Å². The number of hydrogen-bond donors (Lipinski definition) is 2. The summed E-state index contributed by atoms with van der Waals surface area (Å²) in [5.74, 6) is 0.407. The van der Waals surface area contributed by atoms with Crippen LogP contribution in [0.1, 0.15) is 49.1 Å². The standard InChI is InChI=1S/C29H29NO5.C11H7BrO4.C4Cl2O2/c1-17-4-5-20(24-25(31)27(33)26(24)32)15-21(17)18-6-8-19(9-7-18)22-16-29(22)10-12-30(13-11-29)28(34)23-3-2-14-35-23;1-16-7-3-2-5(4-6(7)12)8-9(13)11(15)10(8)14;5-1-2(6)4(8)3(1)7/h4-9,15,22-23,31H,2-3,10-14,16H2,1H3;2-4,13H,1H3;/t22-,23-;;/m1../s1. The van der Waals surface area contributed by atoms with Gasteiger partial charge in [0, 0.05) is 19.7 Å². The highest BCUT2D eigenvalue weighted by atomic mass is 79.9. The van der Waals surface area contributed by atoms with Gasteiger partial charge in [-0.25, -0.2) is 0 Å². The fourth-order valence-electron chi connectivity index (χ4n) is 7.96. The van der Waals surface area contributed by atoms with Gasteiger partial charge in [0.1, 0.15) is 21.9 Å². The lowest BCUT2D eigenvalue weighted by Gasteiger charge is -2.34. The van der Waals surface area contributed by atoms with E-state index in [4.69, 9.17) is 32.7 Å². The third kappa shape index (κ3) is 7.72. The number of aromatic hydroxyl groups is 2. The molecule has 2 atom stereocenters. The number of nitrogens with zero attached hydrogens (tertiary/aromatic N) is 1. The van der Waals surface area contributed by atoms with Crippen molar-refractivity contribution in [1.29, 1.82) is 0 Å². The van der Waals surface area contributed by atoms with Crippen LogP contribution in [0.15, 0.2) is 93.9 Å². The first-order chi connectivity index (χ1) is 28.1. The molecular weight excluding hydrogens is 869 g/mol. The van der Waals surface area contributed by atoms with Crippen molar-refractivity contribution in [3.63, 3.8) is 0 Å². The Balaban J connectivity index is 0.000000180. The molecule has 2 saturated heterocycles. The minimum absolute atomic E-state index is 0.0633. The van der Waals surface area contributed by atoms with Crippen molar-refractivity contribution in [2.75, 3.05) is 26.8 Å². The van der Waals surface area contributed by atoms with E-state index in [2.05, 4.69) is 40.2 Å². The zero-order valence-corrected chi connectivity index (χ0v) is 34.8. The van der Waals surface area contributed by atoms with Crippen LogP contribution in [0.2, 0.25) is 10.0 Å². The molecule has 3 aliphatic rings. The fraction of sp³-hybridized carbons (Fsp3) is 0.295. The van der Waals surface area contributed by atoms with Crippen LogP contribution in [0.5, 0.6) is 17.2 Å². The van der Waals surface area contributed by atoms with E-state index < -0.39 is 44.1 Å². The maximum absolute atomic E-state index is 12.7. The predicted octanol–water partition coefficient (Wildman–Crippen LogP) is 5.92. The van der Waals surface area contributed by atoms with Gasteiger partial charge in [0.15, 0.2) is 11.5 Å². The highest BCUT2D eigenvalue weighted by Crippen LogP contribution is 2.65. The SMILES string of the molecule is COc1ccc(-c2c(O)c(=O)c2=O)cc1Br.Cc1ccc(-c2c(O)c(=O)c2=O)cc1-c1ccc([C@H]2CC23CCN(C(=O)[C@H]2CCCO2)CC3)cc1.O=c1c(Cl)c(Cl)c1=O. The van der Waals surface area contributed by atoms with E-state index in [0.29, 0.717) is 39.3 Å². The summed E-state index contributed by atoms with van der Waals surface area (Å²) in [5, 5.41) is 18.8. The van der Waals surface area contributed by atoms with Gasteiger partial charge in [0.25, 0.3) is 16.8 Å². The van der Waals surface area contributed by atoms with E-state index in [1.807, 2.05) is 24.0 Å². The van der Waals surface area contributed by atoms with Crippen LogP contribution >= 0.6 is 39.1 Å².